The molecule has 0 spiro atoms. The molecule has 0 aromatic heterocycles. The molecule has 1 aliphatic heterocycles. The van der Waals surface area contributed by atoms with Gasteiger partial charge in [0.15, 0.2) is 0 Å². The third kappa shape index (κ3) is 4.26. The Morgan fingerprint density at radius 2 is 2.00 bits per heavy atom. The molecule has 0 unspecified atom stereocenters. The zero-order chi connectivity index (χ0) is 12.9. The first-order chi connectivity index (χ1) is 7.90. The van der Waals surface area contributed by atoms with Crippen LogP contribution < -0.4 is 5.73 Å². The summed E-state index contributed by atoms with van der Waals surface area (Å²) in [6, 6.07) is 0. The van der Waals surface area contributed by atoms with Crippen molar-refractivity contribution in [2.75, 3.05) is 26.9 Å². The van der Waals surface area contributed by atoms with E-state index in [-0.39, 0.29) is 11.6 Å². The largest absolute Gasteiger partial charge is 0.464 e. The van der Waals surface area contributed by atoms with E-state index in [4.69, 9.17) is 19.9 Å². The molecule has 17 heavy (non-hydrogen) atoms. The Labute approximate surface area is 103 Å². The summed E-state index contributed by atoms with van der Waals surface area (Å²) in [7, 11) is 1.64. The first-order valence-electron chi connectivity index (χ1n) is 5.99. The topological polar surface area (TPSA) is 70.8 Å². The van der Waals surface area contributed by atoms with E-state index < -0.39 is 5.54 Å². The molecule has 2 N–H and O–H groups in total. The van der Waals surface area contributed by atoms with Crippen LogP contribution in [-0.4, -0.2) is 44.0 Å². The molecule has 0 aromatic carbocycles. The maximum absolute atomic E-state index is 11.9. The number of methoxy groups -OCH3 is 1. The third-order valence-corrected chi connectivity index (χ3v) is 3.28. The quantitative estimate of drug-likeness (QED) is 0.727. The van der Waals surface area contributed by atoms with Gasteiger partial charge in [-0.25, -0.2) is 0 Å². The summed E-state index contributed by atoms with van der Waals surface area (Å²) in [6.45, 7) is 5.28. The van der Waals surface area contributed by atoms with E-state index in [1.54, 1.807) is 7.11 Å². The summed E-state index contributed by atoms with van der Waals surface area (Å²) in [5, 5.41) is 0. The molecule has 0 atom stereocenters. The second-order valence-corrected chi connectivity index (χ2v) is 5.12. The fourth-order valence-electron chi connectivity index (χ4n) is 1.58. The van der Waals surface area contributed by atoms with E-state index in [1.807, 2.05) is 13.8 Å². The maximum atomic E-state index is 11.9. The fourth-order valence-corrected chi connectivity index (χ4v) is 1.58. The van der Waals surface area contributed by atoms with Crippen LogP contribution in [0.15, 0.2) is 0 Å². The van der Waals surface area contributed by atoms with Gasteiger partial charge in [-0.1, -0.05) is 0 Å². The normalized spacial score (nSPS) is 20.0. The lowest BCUT2D eigenvalue weighted by Gasteiger charge is -2.31. The van der Waals surface area contributed by atoms with Crippen molar-refractivity contribution in [2.45, 2.75) is 44.2 Å². The van der Waals surface area contributed by atoms with Crippen molar-refractivity contribution < 1.29 is 19.0 Å². The minimum Gasteiger partial charge on any atom is -0.464 e. The monoisotopic (exact) mass is 245 g/mol. The SMILES string of the molecule is COC(C)(C)CCOC(=O)C1(N)CCOCC1. The van der Waals surface area contributed by atoms with Gasteiger partial charge in [0.2, 0.25) is 0 Å². The Bertz CT molecular complexity index is 259. The lowest BCUT2D eigenvalue weighted by Crippen LogP contribution is -2.53. The number of hydrogen-bond acceptors (Lipinski definition) is 5. The van der Waals surface area contributed by atoms with Crippen LogP contribution in [0, 0.1) is 0 Å². The van der Waals surface area contributed by atoms with Gasteiger partial charge in [0.1, 0.15) is 5.54 Å². The van der Waals surface area contributed by atoms with Crippen LogP contribution in [-0.2, 0) is 19.0 Å². The molecule has 0 aliphatic carbocycles. The zero-order valence-corrected chi connectivity index (χ0v) is 11.0. The summed E-state index contributed by atoms with van der Waals surface area (Å²) in [4.78, 5) is 11.9. The zero-order valence-electron chi connectivity index (χ0n) is 11.0. The number of ether oxygens (including phenoxy) is 3. The first kappa shape index (κ1) is 14.4. The molecule has 0 aromatic rings. The van der Waals surface area contributed by atoms with Crippen molar-refractivity contribution in [3.63, 3.8) is 0 Å². The van der Waals surface area contributed by atoms with Crippen LogP contribution in [0.3, 0.4) is 0 Å². The van der Waals surface area contributed by atoms with Gasteiger partial charge in [0.05, 0.1) is 12.2 Å². The van der Waals surface area contributed by atoms with E-state index in [0.29, 0.717) is 39.1 Å². The third-order valence-electron chi connectivity index (χ3n) is 3.28. The molecule has 5 heteroatoms. The lowest BCUT2D eigenvalue weighted by atomic mass is 9.91. The van der Waals surface area contributed by atoms with E-state index in [9.17, 15) is 4.79 Å². The number of hydrogen-bond donors (Lipinski definition) is 1. The van der Waals surface area contributed by atoms with E-state index in [0.717, 1.165) is 0 Å². The van der Waals surface area contributed by atoms with Crippen molar-refractivity contribution in [1.29, 1.82) is 0 Å². The van der Waals surface area contributed by atoms with E-state index in [1.165, 1.54) is 0 Å². The highest BCUT2D eigenvalue weighted by molar-refractivity contribution is 5.80. The lowest BCUT2D eigenvalue weighted by molar-refractivity contribution is -0.155. The van der Waals surface area contributed by atoms with Gasteiger partial charge in [-0.2, -0.15) is 0 Å². The second-order valence-electron chi connectivity index (χ2n) is 5.12. The van der Waals surface area contributed by atoms with Gasteiger partial charge < -0.3 is 19.9 Å². The van der Waals surface area contributed by atoms with Crippen LogP contribution in [0.1, 0.15) is 33.1 Å². The number of carbonyl (C=O) groups excluding carboxylic acids is 1. The molecule has 5 nitrogen and oxygen atoms in total. The van der Waals surface area contributed by atoms with Crippen LogP contribution >= 0.6 is 0 Å². The highest BCUT2D eigenvalue weighted by Crippen LogP contribution is 2.20. The maximum Gasteiger partial charge on any atom is 0.326 e. The summed E-state index contributed by atoms with van der Waals surface area (Å²) in [6.07, 6.45) is 1.71. The molecule has 0 saturated carbocycles. The minimum absolute atomic E-state index is 0.280. The molecule has 1 aliphatic rings. The average molecular weight is 245 g/mol. The standard InChI is InChI=1S/C12H23NO4/c1-11(2,15-3)4-9-17-10(14)12(13)5-7-16-8-6-12/h4-9,13H2,1-3H3. The molecule has 1 fully saturated rings. The minimum atomic E-state index is -0.866. The van der Waals surface area contributed by atoms with Crippen molar-refractivity contribution in [3.8, 4) is 0 Å². The molecule has 0 amide bonds. The van der Waals surface area contributed by atoms with Gasteiger partial charge in [-0.05, 0) is 26.7 Å². The number of nitrogens with two attached hydrogens (primary N) is 1. The Balaban J connectivity index is 2.34. The van der Waals surface area contributed by atoms with Gasteiger partial charge >= 0.3 is 5.97 Å². The van der Waals surface area contributed by atoms with Crippen LogP contribution in [0.5, 0.6) is 0 Å². The fraction of sp³-hybridized carbons (Fsp3) is 0.917. The predicted molar refractivity (Wildman–Crippen MR) is 63.6 cm³/mol. The van der Waals surface area contributed by atoms with Crippen LogP contribution in [0.25, 0.3) is 0 Å². The number of rotatable bonds is 5. The molecule has 100 valence electrons. The average Bonchev–Trinajstić information content (AvgIpc) is 2.29. The van der Waals surface area contributed by atoms with Gasteiger partial charge in [0.25, 0.3) is 0 Å². The van der Waals surface area contributed by atoms with Gasteiger partial charge in [-0.15, -0.1) is 0 Å². The molecule has 1 rings (SSSR count). The Morgan fingerprint density at radius 3 is 2.53 bits per heavy atom. The van der Waals surface area contributed by atoms with E-state index >= 15 is 0 Å². The van der Waals surface area contributed by atoms with E-state index in [2.05, 4.69) is 0 Å². The van der Waals surface area contributed by atoms with Crippen LogP contribution in [0.2, 0.25) is 0 Å². The Kier molecular flexibility index (Phi) is 4.91. The Hall–Kier alpha value is -0.650. The molecule has 0 radical (unpaired) electrons. The highest BCUT2D eigenvalue weighted by atomic mass is 16.5. The number of carbonyl (C=O) groups is 1. The first-order valence-corrected chi connectivity index (χ1v) is 5.99. The highest BCUT2D eigenvalue weighted by Gasteiger charge is 2.37. The predicted octanol–water partition coefficient (Wildman–Crippen LogP) is 0.853. The van der Waals surface area contributed by atoms with Crippen molar-refractivity contribution in [1.82, 2.24) is 0 Å². The van der Waals surface area contributed by atoms with Crippen LogP contribution in [0.4, 0.5) is 0 Å². The molecule has 1 saturated heterocycles. The molecular formula is C12H23NO4. The summed E-state index contributed by atoms with van der Waals surface area (Å²) >= 11 is 0. The smallest absolute Gasteiger partial charge is 0.326 e. The van der Waals surface area contributed by atoms with Gasteiger partial charge in [0, 0.05) is 26.7 Å². The molecular weight excluding hydrogens is 222 g/mol. The van der Waals surface area contributed by atoms with Crippen molar-refractivity contribution in [3.05, 3.63) is 0 Å². The van der Waals surface area contributed by atoms with Crippen molar-refractivity contribution in [2.24, 2.45) is 5.73 Å². The summed E-state index contributed by atoms with van der Waals surface area (Å²) in [5.41, 5.74) is 4.85. The summed E-state index contributed by atoms with van der Waals surface area (Å²) < 4.78 is 15.7. The van der Waals surface area contributed by atoms with Crippen molar-refractivity contribution >= 4 is 5.97 Å². The summed E-state index contributed by atoms with van der Waals surface area (Å²) in [5.74, 6) is -0.326. The molecule has 1 heterocycles. The molecule has 0 bridgehead atoms. The second kappa shape index (κ2) is 5.80. The Morgan fingerprint density at radius 1 is 1.41 bits per heavy atom. The number of esters is 1. The van der Waals surface area contributed by atoms with Gasteiger partial charge in [-0.3, -0.25) is 4.79 Å².